The van der Waals surface area contributed by atoms with Gasteiger partial charge in [0.05, 0.1) is 21.9 Å². The topological polar surface area (TPSA) is 58.2 Å². The summed E-state index contributed by atoms with van der Waals surface area (Å²) in [5.41, 5.74) is 1.75. The second-order valence-corrected chi connectivity index (χ2v) is 9.13. The van der Waals surface area contributed by atoms with E-state index in [9.17, 15) is 14.0 Å². The second kappa shape index (κ2) is 9.28. The first kappa shape index (κ1) is 22.9. The lowest BCUT2D eigenvalue weighted by molar-refractivity contribution is -0.117. The van der Waals surface area contributed by atoms with Gasteiger partial charge in [-0.2, -0.15) is 0 Å². The monoisotopic (exact) mass is 510 g/mol. The van der Waals surface area contributed by atoms with Crippen LogP contribution in [0.5, 0.6) is 0 Å². The van der Waals surface area contributed by atoms with Gasteiger partial charge >= 0.3 is 0 Å². The second-order valence-electron chi connectivity index (χ2n) is 7.34. The molecule has 0 radical (unpaired) electrons. The van der Waals surface area contributed by atoms with Gasteiger partial charge in [0.15, 0.2) is 0 Å². The zero-order valence-electron chi connectivity index (χ0n) is 16.2. The Labute approximate surface area is 203 Å². The quantitative estimate of drug-likeness (QED) is 0.362. The predicted octanol–water partition coefficient (Wildman–Crippen LogP) is 7.00. The molecule has 32 heavy (non-hydrogen) atoms. The summed E-state index contributed by atoms with van der Waals surface area (Å²) in [5, 5.41) is 6.16. The third kappa shape index (κ3) is 5.02. The molecule has 2 N–H and O–H groups in total. The summed E-state index contributed by atoms with van der Waals surface area (Å²) in [5.74, 6) is -1.90. The molecule has 3 atom stereocenters. The number of anilines is 2. The zero-order valence-corrected chi connectivity index (χ0v) is 19.2. The molecular weight excluding hydrogens is 497 g/mol. The van der Waals surface area contributed by atoms with Crippen LogP contribution in [0.25, 0.3) is 0 Å². The predicted molar refractivity (Wildman–Crippen MR) is 127 cm³/mol. The van der Waals surface area contributed by atoms with Gasteiger partial charge in [0, 0.05) is 27.3 Å². The first-order valence-electron chi connectivity index (χ1n) is 9.50. The van der Waals surface area contributed by atoms with Crippen LogP contribution < -0.4 is 10.6 Å². The van der Waals surface area contributed by atoms with Gasteiger partial charge in [-0.1, -0.05) is 34.8 Å². The van der Waals surface area contributed by atoms with Crippen LogP contribution >= 0.6 is 46.4 Å². The molecule has 1 fully saturated rings. The van der Waals surface area contributed by atoms with E-state index in [4.69, 9.17) is 46.4 Å². The van der Waals surface area contributed by atoms with Gasteiger partial charge in [0.1, 0.15) is 5.82 Å². The molecular formula is C23H15Cl4FN2O2. The summed E-state index contributed by atoms with van der Waals surface area (Å²) < 4.78 is 13.1. The smallest absolute Gasteiger partial charge is 0.257 e. The molecule has 3 aromatic carbocycles. The number of alkyl halides is 1. The van der Waals surface area contributed by atoms with Crippen LogP contribution in [-0.2, 0) is 4.79 Å². The lowest BCUT2D eigenvalue weighted by Crippen LogP contribution is -2.17. The van der Waals surface area contributed by atoms with Crippen LogP contribution in [0.4, 0.5) is 15.8 Å². The number of carbonyl (C=O) groups is 2. The van der Waals surface area contributed by atoms with Crippen molar-refractivity contribution >= 4 is 69.6 Å². The van der Waals surface area contributed by atoms with Crippen molar-refractivity contribution in [1.82, 2.24) is 0 Å². The van der Waals surface area contributed by atoms with Crippen molar-refractivity contribution in [2.24, 2.45) is 5.92 Å². The Bertz CT molecular complexity index is 1180. The van der Waals surface area contributed by atoms with Crippen molar-refractivity contribution < 1.29 is 14.0 Å². The highest BCUT2D eigenvalue weighted by molar-refractivity contribution is 6.35. The van der Waals surface area contributed by atoms with Gasteiger partial charge in [-0.15, -0.1) is 11.6 Å². The van der Waals surface area contributed by atoms with E-state index in [2.05, 4.69) is 10.6 Å². The Morgan fingerprint density at radius 2 is 1.44 bits per heavy atom. The number of amides is 2. The van der Waals surface area contributed by atoms with Crippen LogP contribution in [0, 0.1) is 11.7 Å². The fraction of sp³-hybridized carbons (Fsp3) is 0.130. The Hall–Kier alpha value is -2.31. The molecule has 1 aliphatic carbocycles. The Morgan fingerprint density at radius 1 is 0.812 bits per heavy atom. The molecule has 2 unspecified atom stereocenters. The zero-order chi connectivity index (χ0) is 23.0. The number of hydrogen-bond acceptors (Lipinski definition) is 2. The number of nitrogens with one attached hydrogen (secondary N) is 2. The van der Waals surface area contributed by atoms with Gasteiger partial charge in [-0.05, 0) is 66.2 Å². The molecule has 0 bridgehead atoms. The third-order valence-corrected chi connectivity index (χ3v) is 6.39. The summed E-state index contributed by atoms with van der Waals surface area (Å²) in [4.78, 5) is 25.4. The molecule has 164 valence electrons. The Morgan fingerprint density at radius 3 is 2.09 bits per heavy atom. The minimum Gasteiger partial charge on any atom is -0.326 e. The maximum absolute atomic E-state index is 13.1. The first-order chi connectivity index (χ1) is 15.2. The number of hydrogen-bond donors (Lipinski definition) is 2. The van der Waals surface area contributed by atoms with E-state index in [1.165, 1.54) is 36.4 Å². The molecule has 4 nitrogen and oxygen atoms in total. The summed E-state index contributed by atoms with van der Waals surface area (Å²) >= 11 is 24.7. The molecule has 0 spiro atoms. The minimum atomic E-state index is -0.495. The lowest BCUT2D eigenvalue weighted by atomic mass is 10.1. The van der Waals surface area contributed by atoms with Crippen LogP contribution in [0.15, 0.2) is 60.7 Å². The molecule has 0 heterocycles. The molecule has 0 saturated heterocycles. The van der Waals surface area contributed by atoms with Gasteiger partial charge < -0.3 is 10.6 Å². The van der Waals surface area contributed by atoms with Crippen molar-refractivity contribution in [3.8, 4) is 0 Å². The number of rotatable bonds is 5. The Kier molecular flexibility index (Phi) is 6.63. The average Bonchev–Trinajstić information content (AvgIpc) is 3.41. The van der Waals surface area contributed by atoms with Crippen molar-refractivity contribution in [2.75, 3.05) is 10.6 Å². The van der Waals surface area contributed by atoms with E-state index >= 15 is 0 Å². The molecule has 1 saturated carbocycles. The molecule has 9 heteroatoms. The van der Waals surface area contributed by atoms with E-state index < -0.39 is 23.0 Å². The number of benzene rings is 3. The van der Waals surface area contributed by atoms with Crippen molar-refractivity contribution in [3.63, 3.8) is 0 Å². The number of halogens is 5. The standard InChI is InChI=1S/C23H15Cl4FN2O2/c24-12-7-11(8-13(25)9-12)19-20(21(19)27)23(32)30-16-5-6-18(26)17(10-16)22(31)29-15-3-1-14(28)2-4-15/h1-10,19-21H,(H,29,31)(H,30,32)/t19?,20?,21-/m0/s1. The van der Waals surface area contributed by atoms with E-state index in [1.807, 2.05) is 0 Å². The Balaban J connectivity index is 1.47. The fourth-order valence-corrected chi connectivity index (χ4v) is 4.71. The van der Waals surface area contributed by atoms with Crippen molar-refractivity contribution in [2.45, 2.75) is 11.3 Å². The van der Waals surface area contributed by atoms with Gasteiger partial charge in [-0.25, -0.2) is 4.39 Å². The summed E-state index contributed by atoms with van der Waals surface area (Å²) in [6.45, 7) is 0. The fourth-order valence-electron chi connectivity index (χ4n) is 3.47. The molecule has 2 amide bonds. The highest BCUT2D eigenvalue weighted by atomic mass is 35.5. The molecule has 3 aromatic rings. The SMILES string of the molecule is O=C(Nc1ccc(F)cc1)c1cc(NC(=O)C2C(c3cc(Cl)cc(Cl)c3)[C@@H]2Cl)ccc1Cl. The van der Waals surface area contributed by atoms with E-state index in [1.54, 1.807) is 24.3 Å². The molecule has 0 aliphatic heterocycles. The summed E-state index contributed by atoms with van der Waals surface area (Å²) in [6.07, 6.45) is 0. The van der Waals surface area contributed by atoms with E-state index in [0.717, 1.165) is 5.56 Å². The van der Waals surface area contributed by atoms with Crippen LogP contribution in [0.1, 0.15) is 21.8 Å². The molecule has 4 rings (SSSR count). The van der Waals surface area contributed by atoms with Crippen LogP contribution in [0.2, 0.25) is 15.1 Å². The summed E-state index contributed by atoms with van der Waals surface area (Å²) in [7, 11) is 0. The molecule has 1 aliphatic rings. The maximum Gasteiger partial charge on any atom is 0.257 e. The maximum atomic E-state index is 13.1. The first-order valence-corrected chi connectivity index (χ1v) is 11.1. The van der Waals surface area contributed by atoms with Crippen LogP contribution in [-0.4, -0.2) is 17.2 Å². The van der Waals surface area contributed by atoms with E-state index in [-0.39, 0.29) is 22.4 Å². The van der Waals surface area contributed by atoms with Crippen molar-refractivity contribution in [1.29, 1.82) is 0 Å². The third-order valence-electron chi connectivity index (χ3n) is 5.09. The highest BCUT2D eigenvalue weighted by Gasteiger charge is 2.54. The van der Waals surface area contributed by atoms with Crippen molar-refractivity contribution in [3.05, 3.63) is 92.7 Å². The highest BCUT2D eigenvalue weighted by Crippen LogP contribution is 2.53. The van der Waals surface area contributed by atoms with Gasteiger partial charge in [0.25, 0.3) is 5.91 Å². The number of carbonyl (C=O) groups excluding carboxylic acids is 2. The normalized spacial score (nSPS) is 19.3. The van der Waals surface area contributed by atoms with Gasteiger partial charge in [0.2, 0.25) is 5.91 Å². The average molecular weight is 512 g/mol. The van der Waals surface area contributed by atoms with Gasteiger partial charge in [-0.3, -0.25) is 9.59 Å². The lowest BCUT2D eigenvalue weighted by Gasteiger charge is -2.10. The largest absolute Gasteiger partial charge is 0.326 e. The van der Waals surface area contributed by atoms with Crippen LogP contribution in [0.3, 0.4) is 0 Å². The minimum absolute atomic E-state index is 0.158. The summed E-state index contributed by atoms with van der Waals surface area (Å²) in [6, 6.07) is 15.0. The molecule has 0 aromatic heterocycles. The van der Waals surface area contributed by atoms with E-state index in [0.29, 0.717) is 21.4 Å².